The Morgan fingerprint density at radius 3 is 3.23 bits per heavy atom. The molecule has 3 heteroatoms. The zero-order chi connectivity index (χ0) is 9.36. The van der Waals surface area contributed by atoms with Crippen molar-refractivity contribution in [2.75, 3.05) is 18.8 Å². The van der Waals surface area contributed by atoms with E-state index in [4.69, 9.17) is 4.42 Å². The summed E-state index contributed by atoms with van der Waals surface area (Å²) in [6, 6.07) is 3.93. The van der Waals surface area contributed by atoms with Gasteiger partial charge in [0.15, 0.2) is 0 Å². The molecule has 72 valence electrons. The van der Waals surface area contributed by atoms with Crippen LogP contribution in [0.5, 0.6) is 0 Å². The highest BCUT2D eigenvalue weighted by Crippen LogP contribution is 2.11. The molecule has 0 radical (unpaired) electrons. The minimum absolute atomic E-state index is 0.890. The molecule has 0 amide bonds. The summed E-state index contributed by atoms with van der Waals surface area (Å²) in [6.07, 6.45) is 3.59. The maximum absolute atomic E-state index is 5.20. The second-order valence-electron chi connectivity index (χ2n) is 2.62. The monoisotopic (exact) mass is 197 g/mol. The summed E-state index contributed by atoms with van der Waals surface area (Å²) in [5.74, 6) is 3.12. The van der Waals surface area contributed by atoms with Crippen LogP contribution in [-0.4, -0.2) is 18.8 Å². The SMILES string of the molecule is C=CCNCCSCc1ccco1. The van der Waals surface area contributed by atoms with Gasteiger partial charge in [0, 0.05) is 18.8 Å². The Kier molecular flexibility index (Phi) is 5.45. The van der Waals surface area contributed by atoms with Gasteiger partial charge in [-0.05, 0) is 12.1 Å². The van der Waals surface area contributed by atoms with Crippen molar-refractivity contribution in [1.29, 1.82) is 0 Å². The van der Waals surface area contributed by atoms with E-state index in [0.29, 0.717) is 0 Å². The molecule has 0 spiro atoms. The van der Waals surface area contributed by atoms with E-state index in [2.05, 4.69) is 11.9 Å². The summed E-state index contributed by atoms with van der Waals surface area (Å²) in [5, 5.41) is 3.25. The number of hydrogen-bond acceptors (Lipinski definition) is 3. The molecule has 1 heterocycles. The van der Waals surface area contributed by atoms with E-state index in [9.17, 15) is 0 Å². The van der Waals surface area contributed by atoms with Crippen molar-refractivity contribution in [3.63, 3.8) is 0 Å². The van der Waals surface area contributed by atoms with Crippen molar-refractivity contribution in [2.24, 2.45) is 0 Å². The molecule has 1 aromatic rings. The molecule has 0 saturated carbocycles. The van der Waals surface area contributed by atoms with E-state index < -0.39 is 0 Å². The van der Waals surface area contributed by atoms with Gasteiger partial charge in [-0.25, -0.2) is 0 Å². The first kappa shape index (κ1) is 10.4. The summed E-state index contributed by atoms with van der Waals surface area (Å²) in [5.41, 5.74) is 0. The third-order valence-corrected chi connectivity index (χ3v) is 2.52. The van der Waals surface area contributed by atoms with Crippen molar-refractivity contribution in [3.05, 3.63) is 36.8 Å². The fraction of sp³-hybridized carbons (Fsp3) is 0.400. The number of nitrogens with one attached hydrogen (secondary N) is 1. The quantitative estimate of drug-likeness (QED) is 0.536. The Labute approximate surface area is 83.4 Å². The third kappa shape index (κ3) is 4.80. The van der Waals surface area contributed by atoms with Gasteiger partial charge in [0.1, 0.15) is 5.76 Å². The lowest BCUT2D eigenvalue weighted by molar-refractivity contribution is 0.530. The van der Waals surface area contributed by atoms with Crippen LogP contribution in [0.4, 0.5) is 0 Å². The van der Waals surface area contributed by atoms with Crippen LogP contribution in [0, 0.1) is 0 Å². The second-order valence-corrected chi connectivity index (χ2v) is 3.73. The van der Waals surface area contributed by atoms with Gasteiger partial charge in [0.25, 0.3) is 0 Å². The van der Waals surface area contributed by atoms with Gasteiger partial charge in [-0.2, -0.15) is 11.8 Å². The van der Waals surface area contributed by atoms with Gasteiger partial charge in [-0.1, -0.05) is 6.08 Å². The standard InChI is InChI=1S/C10H15NOS/c1-2-5-11-6-8-13-9-10-4-3-7-12-10/h2-4,7,11H,1,5-6,8-9H2. The van der Waals surface area contributed by atoms with Gasteiger partial charge >= 0.3 is 0 Å². The smallest absolute Gasteiger partial charge is 0.113 e. The molecule has 0 aliphatic rings. The molecule has 0 aliphatic carbocycles. The first-order valence-electron chi connectivity index (χ1n) is 4.35. The van der Waals surface area contributed by atoms with Crippen LogP contribution in [0.3, 0.4) is 0 Å². The van der Waals surface area contributed by atoms with Gasteiger partial charge < -0.3 is 9.73 Å². The Morgan fingerprint density at radius 1 is 1.62 bits per heavy atom. The molecule has 13 heavy (non-hydrogen) atoms. The Morgan fingerprint density at radius 2 is 2.54 bits per heavy atom. The fourth-order valence-corrected chi connectivity index (χ4v) is 1.71. The third-order valence-electron chi connectivity index (χ3n) is 1.54. The Balaban J connectivity index is 1.93. The predicted octanol–water partition coefficient (Wildman–Crippen LogP) is 2.29. The Hall–Kier alpha value is -0.670. The average molecular weight is 197 g/mol. The molecule has 0 atom stereocenters. The second kappa shape index (κ2) is 6.80. The Bertz CT molecular complexity index is 221. The topological polar surface area (TPSA) is 25.2 Å². The largest absolute Gasteiger partial charge is 0.468 e. The number of thioether (sulfide) groups is 1. The van der Waals surface area contributed by atoms with Crippen molar-refractivity contribution in [2.45, 2.75) is 5.75 Å². The van der Waals surface area contributed by atoms with Gasteiger partial charge in [0.05, 0.1) is 12.0 Å². The van der Waals surface area contributed by atoms with E-state index in [-0.39, 0.29) is 0 Å². The molecule has 1 aromatic heterocycles. The van der Waals surface area contributed by atoms with Crippen molar-refractivity contribution in [1.82, 2.24) is 5.32 Å². The summed E-state index contributed by atoms with van der Waals surface area (Å²) in [6.45, 7) is 5.55. The molecule has 1 N–H and O–H groups in total. The zero-order valence-electron chi connectivity index (χ0n) is 7.66. The lowest BCUT2D eigenvalue weighted by Gasteiger charge is -2.00. The molecular formula is C10H15NOS. The molecular weight excluding hydrogens is 182 g/mol. The van der Waals surface area contributed by atoms with Crippen molar-refractivity contribution in [3.8, 4) is 0 Å². The molecule has 2 nitrogen and oxygen atoms in total. The zero-order valence-corrected chi connectivity index (χ0v) is 8.48. The van der Waals surface area contributed by atoms with Crippen LogP contribution in [0.2, 0.25) is 0 Å². The first-order chi connectivity index (χ1) is 6.43. The van der Waals surface area contributed by atoms with Gasteiger partial charge in [0.2, 0.25) is 0 Å². The highest BCUT2D eigenvalue weighted by atomic mass is 32.2. The van der Waals surface area contributed by atoms with E-state index >= 15 is 0 Å². The average Bonchev–Trinajstić information content (AvgIpc) is 2.63. The maximum Gasteiger partial charge on any atom is 0.113 e. The lowest BCUT2D eigenvalue weighted by atomic mass is 10.5. The van der Waals surface area contributed by atoms with E-state index in [1.54, 1.807) is 6.26 Å². The summed E-state index contributed by atoms with van der Waals surface area (Å²) in [7, 11) is 0. The normalized spacial score (nSPS) is 10.2. The van der Waals surface area contributed by atoms with Crippen LogP contribution in [0.1, 0.15) is 5.76 Å². The summed E-state index contributed by atoms with van der Waals surface area (Å²) >= 11 is 1.87. The fourth-order valence-electron chi connectivity index (χ4n) is 0.916. The molecule has 0 saturated heterocycles. The molecule has 1 rings (SSSR count). The van der Waals surface area contributed by atoms with E-state index in [1.165, 1.54) is 0 Å². The maximum atomic E-state index is 5.20. The van der Waals surface area contributed by atoms with Crippen LogP contribution >= 0.6 is 11.8 Å². The minimum Gasteiger partial charge on any atom is -0.468 e. The van der Waals surface area contributed by atoms with E-state index in [0.717, 1.165) is 30.4 Å². The number of furan rings is 1. The summed E-state index contributed by atoms with van der Waals surface area (Å²) < 4.78 is 5.20. The van der Waals surface area contributed by atoms with Crippen molar-refractivity contribution >= 4 is 11.8 Å². The first-order valence-corrected chi connectivity index (χ1v) is 5.50. The van der Waals surface area contributed by atoms with Crippen LogP contribution in [-0.2, 0) is 5.75 Å². The molecule has 0 fully saturated rings. The predicted molar refractivity (Wildman–Crippen MR) is 57.9 cm³/mol. The molecule has 0 aromatic carbocycles. The van der Waals surface area contributed by atoms with Crippen molar-refractivity contribution < 1.29 is 4.42 Å². The molecule has 0 bridgehead atoms. The van der Waals surface area contributed by atoms with Gasteiger partial charge in [-0.3, -0.25) is 0 Å². The highest BCUT2D eigenvalue weighted by Gasteiger charge is 1.94. The van der Waals surface area contributed by atoms with Crippen LogP contribution in [0.25, 0.3) is 0 Å². The van der Waals surface area contributed by atoms with Crippen LogP contribution < -0.4 is 5.32 Å². The molecule has 0 unspecified atom stereocenters. The summed E-state index contributed by atoms with van der Waals surface area (Å²) in [4.78, 5) is 0. The number of rotatable bonds is 7. The highest BCUT2D eigenvalue weighted by molar-refractivity contribution is 7.98. The minimum atomic E-state index is 0.890. The number of hydrogen-bond donors (Lipinski definition) is 1. The molecule has 0 aliphatic heterocycles. The lowest BCUT2D eigenvalue weighted by Crippen LogP contribution is -2.16. The van der Waals surface area contributed by atoms with E-state index in [1.807, 2.05) is 30.0 Å². The van der Waals surface area contributed by atoms with Crippen LogP contribution in [0.15, 0.2) is 35.5 Å². The van der Waals surface area contributed by atoms with Gasteiger partial charge in [-0.15, -0.1) is 6.58 Å².